The number of aromatic nitrogens is 3. The molecular weight excluding hydrogens is 501 g/mol. The summed E-state index contributed by atoms with van der Waals surface area (Å²) in [6, 6.07) is 1.10. The number of nitrogens with two attached hydrogens (primary N) is 1. The van der Waals surface area contributed by atoms with Gasteiger partial charge in [-0.15, -0.1) is 0 Å². The van der Waals surface area contributed by atoms with Gasteiger partial charge in [-0.3, -0.25) is 9.11 Å². The Morgan fingerprint density at radius 1 is 1.23 bits per heavy atom. The summed E-state index contributed by atoms with van der Waals surface area (Å²) < 4.78 is 15.2. The van der Waals surface area contributed by atoms with E-state index in [-0.39, 0.29) is 27.0 Å². The van der Waals surface area contributed by atoms with Crippen LogP contribution < -0.4 is 5.73 Å². The first kappa shape index (κ1) is 20.7. The van der Waals surface area contributed by atoms with E-state index in [2.05, 4.69) is 48.2 Å². The predicted octanol–water partition coefficient (Wildman–Crippen LogP) is 2.00. The van der Waals surface area contributed by atoms with Crippen molar-refractivity contribution in [1.82, 2.24) is 19.4 Å². The summed E-state index contributed by atoms with van der Waals surface area (Å²) in [4.78, 5) is 11.2. The SMILES string of the molecule is Nc1ncnc2c1c(I)cn2C1CC(CN2C[C@@H]3C[C@H]2CS3=O)C1.S.S. The van der Waals surface area contributed by atoms with Crippen LogP contribution in [0.15, 0.2) is 12.5 Å². The van der Waals surface area contributed by atoms with Crippen LogP contribution in [-0.2, 0) is 10.8 Å². The molecule has 1 unspecified atom stereocenters. The van der Waals surface area contributed by atoms with E-state index in [0.717, 1.165) is 39.2 Å². The zero-order valence-electron chi connectivity index (χ0n) is 14.3. The first-order chi connectivity index (χ1) is 11.6. The van der Waals surface area contributed by atoms with Gasteiger partial charge in [-0.05, 0) is 47.8 Å². The third-order valence-corrected chi connectivity index (χ3v) is 8.52. The zero-order chi connectivity index (χ0) is 16.4. The van der Waals surface area contributed by atoms with Crippen molar-refractivity contribution in [2.75, 3.05) is 24.6 Å². The summed E-state index contributed by atoms with van der Waals surface area (Å²) in [6.45, 7) is 2.22. The Morgan fingerprint density at radius 3 is 2.65 bits per heavy atom. The minimum Gasteiger partial charge on any atom is -0.383 e. The van der Waals surface area contributed by atoms with Gasteiger partial charge in [-0.2, -0.15) is 27.0 Å². The molecule has 3 fully saturated rings. The summed E-state index contributed by atoms with van der Waals surface area (Å²) in [7, 11) is -0.555. The zero-order valence-corrected chi connectivity index (χ0v) is 19.2. The van der Waals surface area contributed by atoms with Crippen LogP contribution in [0, 0.1) is 9.49 Å². The van der Waals surface area contributed by atoms with Crippen molar-refractivity contribution in [3.63, 3.8) is 0 Å². The predicted molar refractivity (Wildman–Crippen MR) is 124 cm³/mol. The number of nitrogen functional groups attached to an aromatic ring is 1. The topological polar surface area (TPSA) is 77.0 Å². The third-order valence-electron chi connectivity index (χ3n) is 5.91. The molecule has 0 radical (unpaired) electrons. The number of halogens is 1. The number of anilines is 1. The molecule has 3 aliphatic rings. The average molecular weight is 526 g/mol. The molecular formula is C16H24IN5OS3. The van der Waals surface area contributed by atoms with Crippen molar-refractivity contribution in [3.05, 3.63) is 16.1 Å². The number of nitrogens with zero attached hydrogens (tertiary/aromatic N) is 4. The smallest absolute Gasteiger partial charge is 0.146 e. The maximum atomic E-state index is 11.8. The van der Waals surface area contributed by atoms with E-state index in [9.17, 15) is 4.21 Å². The second-order valence-corrected chi connectivity index (χ2v) is 10.3. The van der Waals surface area contributed by atoms with Gasteiger partial charge in [-0.25, -0.2) is 9.97 Å². The minimum atomic E-state index is -0.555. The van der Waals surface area contributed by atoms with Gasteiger partial charge in [0.25, 0.3) is 0 Å². The highest BCUT2D eigenvalue weighted by Gasteiger charge is 2.44. The van der Waals surface area contributed by atoms with E-state index >= 15 is 0 Å². The van der Waals surface area contributed by atoms with Crippen molar-refractivity contribution < 1.29 is 4.21 Å². The second kappa shape index (κ2) is 7.76. The number of fused-ring (bicyclic) bond motifs is 3. The molecule has 10 heteroatoms. The fourth-order valence-corrected chi connectivity index (χ4v) is 7.21. The Labute approximate surface area is 183 Å². The minimum absolute atomic E-state index is 0. The molecule has 2 N–H and O–H groups in total. The molecule has 0 aromatic carbocycles. The molecule has 0 amide bonds. The van der Waals surface area contributed by atoms with E-state index in [1.807, 2.05) is 0 Å². The van der Waals surface area contributed by atoms with Crippen molar-refractivity contribution in [2.24, 2.45) is 5.92 Å². The molecule has 1 aliphatic carbocycles. The number of hydrogen-bond acceptors (Lipinski definition) is 5. The van der Waals surface area contributed by atoms with Crippen molar-refractivity contribution in [2.45, 2.75) is 36.6 Å². The summed E-state index contributed by atoms with van der Waals surface area (Å²) in [6.07, 6.45) is 7.26. The van der Waals surface area contributed by atoms with Crippen LogP contribution in [0.2, 0.25) is 0 Å². The molecule has 6 nitrogen and oxygen atoms in total. The Balaban J connectivity index is 0.000000980. The number of hydrogen-bond donors (Lipinski definition) is 1. The number of likely N-dealkylation sites (tertiary alicyclic amines) is 1. The van der Waals surface area contributed by atoms with Crippen LogP contribution in [-0.4, -0.2) is 53.8 Å². The van der Waals surface area contributed by atoms with Crippen LogP contribution >= 0.6 is 49.6 Å². The van der Waals surface area contributed by atoms with Gasteiger partial charge in [0, 0.05) is 56.7 Å². The first-order valence-corrected chi connectivity index (χ1v) is 10.9. The van der Waals surface area contributed by atoms with Crippen LogP contribution in [0.4, 0.5) is 5.82 Å². The quantitative estimate of drug-likeness (QED) is 0.621. The molecule has 0 spiro atoms. The van der Waals surface area contributed by atoms with E-state index in [1.54, 1.807) is 6.33 Å². The largest absolute Gasteiger partial charge is 0.383 e. The second-order valence-electron chi connectivity index (χ2n) is 7.35. The molecule has 144 valence electrons. The molecule has 4 heterocycles. The van der Waals surface area contributed by atoms with E-state index in [0.29, 0.717) is 23.2 Å². The maximum absolute atomic E-state index is 11.8. The van der Waals surface area contributed by atoms with Crippen LogP contribution in [0.5, 0.6) is 0 Å². The van der Waals surface area contributed by atoms with Gasteiger partial charge >= 0.3 is 0 Å². The van der Waals surface area contributed by atoms with Gasteiger partial charge < -0.3 is 10.3 Å². The van der Waals surface area contributed by atoms with Gasteiger partial charge in [0.05, 0.1) is 5.39 Å². The average Bonchev–Trinajstić information content (AvgIpc) is 3.16. The fraction of sp³-hybridized carbons (Fsp3) is 0.625. The van der Waals surface area contributed by atoms with Gasteiger partial charge in [-0.1, -0.05) is 0 Å². The molecule has 5 rings (SSSR count). The molecule has 2 aromatic heterocycles. The highest BCUT2D eigenvalue weighted by Crippen LogP contribution is 2.42. The summed E-state index contributed by atoms with van der Waals surface area (Å²) in [5.41, 5.74) is 6.98. The lowest BCUT2D eigenvalue weighted by molar-refractivity contribution is 0.127. The first-order valence-electron chi connectivity index (χ1n) is 8.48. The van der Waals surface area contributed by atoms with E-state index in [4.69, 9.17) is 5.73 Å². The molecule has 2 aromatic rings. The Kier molecular flexibility index (Phi) is 6.18. The van der Waals surface area contributed by atoms with E-state index < -0.39 is 10.8 Å². The van der Waals surface area contributed by atoms with Gasteiger partial charge in [0.2, 0.25) is 0 Å². The lowest BCUT2D eigenvalue weighted by Gasteiger charge is -2.40. The van der Waals surface area contributed by atoms with Crippen molar-refractivity contribution >= 4 is 77.2 Å². The van der Waals surface area contributed by atoms with Crippen molar-refractivity contribution in [1.29, 1.82) is 0 Å². The monoisotopic (exact) mass is 525 g/mol. The highest BCUT2D eigenvalue weighted by atomic mass is 127. The van der Waals surface area contributed by atoms with Crippen molar-refractivity contribution in [3.8, 4) is 0 Å². The van der Waals surface area contributed by atoms with Crippen LogP contribution in [0.3, 0.4) is 0 Å². The standard InChI is InChI=1S/C16H20IN5OS.2H2S/c17-13-6-22(16-14(13)15(18)19-8-20-16)10-1-9(2-10)4-21-5-12-3-11(21)7-24(12)23;;/h6,8-12H,1-5,7H2,(H2,18,19,20);2*1H2/t9?,10?,11-,12-,24?;;/m0../s1. The molecule has 2 saturated heterocycles. The third kappa shape index (κ3) is 3.29. The molecule has 1 saturated carbocycles. The summed E-state index contributed by atoms with van der Waals surface area (Å²) in [5.74, 6) is 2.22. The lowest BCUT2D eigenvalue weighted by Crippen LogP contribution is -2.44. The Hall–Kier alpha value is -0.0400. The van der Waals surface area contributed by atoms with Gasteiger partial charge in [0.15, 0.2) is 0 Å². The highest BCUT2D eigenvalue weighted by molar-refractivity contribution is 14.1. The Morgan fingerprint density at radius 2 is 2.00 bits per heavy atom. The fourth-order valence-electron chi connectivity index (χ4n) is 4.60. The molecule has 3 atom stereocenters. The summed E-state index contributed by atoms with van der Waals surface area (Å²) >= 11 is 2.32. The lowest BCUT2D eigenvalue weighted by atomic mass is 9.79. The van der Waals surface area contributed by atoms with Crippen LogP contribution in [0.25, 0.3) is 11.0 Å². The van der Waals surface area contributed by atoms with Crippen LogP contribution in [0.1, 0.15) is 25.3 Å². The normalized spacial score (nSPS) is 32.9. The molecule has 26 heavy (non-hydrogen) atoms. The van der Waals surface area contributed by atoms with E-state index in [1.165, 1.54) is 19.4 Å². The molecule has 2 bridgehead atoms. The summed E-state index contributed by atoms with van der Waals surface area (Å²) in [5, 5.41) is 1.43. The molecule has 2 aliphatic heterocycles. The number of rotatable bonds is 3. The maximum Gasteiger partial charge on any atom is 0.146 e. The Bertz CT molecular complexity index is 841. The van der Waals surface area contributed by atoms with Gasteiger partial charge in [0.1, 0.15) is 17.8 Å².